The number of nitrogens with zero attached hydrogens (tertiary/aromatic N) is 2. The van der Waals surface area contributed by atoms with E-state index in [1.54, 1.807) is 24.3 Å². The van der Waals surface area contributed by atoms with Gasteiger partial charge in [-0.15, -0.1) is 0 Å². The first-order valence-corrected chi connectivity index (χ1v) is 14.7. The summed E-state index contributed by atoms with van der Waals surface area (Å²) in [4.78, 5) is 46.8. The van der Waals surface area contributed by atoms with Crippen molar-refractivity contribution in [2.24, 2.45) is 0 Å². The van der Waals surface area contributed by atoms with Gasteiger partial charge in [-0.25, -0.2) is 9.45 Å². The third-order valence-corrected chi connectivity index (χ3v) is 8.18. The molecular formula is C35H37FN4O4. The summed E-state index contributed by atoms with van der Waals surface area (Å²) in [6, 6.07) is 28.6. The molecule has 228 valence electrons. The lowest BCUT2D eigenvalue weighted by atomic mass is 9.90. The predicted octanol–water partition coefficient (Wildman–Crippen LogP) is 4.51. The molecule has 4 aromatic carbocycles. The van der Waals surface area contributed by atoms with Gasteiger partial charge in [0.25, 0.3) is 5.91 Å². The second kappa shape index (κ2) is 14.2. The Morgan fingerprint density at radius 3 is 2.27 bits per heavy atom. The van der Waals surface area contributed by atoms with E-state index < -0.39 is 6.04 Å². The van der Waals surface area contributed by atoms with Crippen LogP contribution in [-0.4, -0.2) is 73.6 Å². The summed E-state index contributed by atoms with van der Waals surface area (Å²) in [6.07, 6.45) is 0.483. The van der Waals surface area contributed by atoms with Crippen molar-refractivity contribution in [1.29, 1.82) is 0 Å². The number of hydrogen-bond acceptors (Lipinski definition) is 5. The predicted molar refractivity (Wildman–Crippen MR) is 167 cm³/mol. The molecule has 0 saturated carbocycles. The van der Waals surface area contributed by atoms with Gasteiger partial charge in [0.1, 0.15) is 5.82 Å². The quantitative estimate of drug-likeness (QED) is 0.263. The van der Waals surface area contributed by atoms with Gasteiger partial charge in [0.2, 0.25) is 11.8 Å². The fourth-order valence-corrected chi connectivity index (χ4v) is 5.65. The van der Waals surface area contributed by atoms with Gasteiger partial charge in [0.15, 0.2) is 0 Å². The zero-order valence-electron chi connectivity index (χ0n) is 24.9. The van der Waals surface area contributed by atoms with Gasteiger partial charge in [0.05, 0.1) is 19.6 Å². The monoisotopic (exact) mass is 596 g/mol. The molecule has 0 radical (unpaired) electrons. The van der Waals surface area contributed by atoms with Crippen LogP contribution >= 0.6 is 0 Å². The minimum Gasteiger partial charge on any atom is -0.350 e. The van der Waals surface area contributed by atoms with Crippen molar-refractivity contribution in [3.63, 3.8) is 0 Å². The molecule has 9 heteroatoms. The highest BCUT2D eigenvalue weighted by molar-refractivity contribution is 5.98. The molecule has 1 saturated heterocycles. The molecule has 2 N–H and O–H groups in total. The number of nitrogens with one attached hydrogen (secondary N) is 2. The van der Waals surface area contributed by atoms with E-state index in [0.717, 1.165) is 21.6 Å². The summed E-state index contributed by atoms with van der Waals surface area (Å²) in [5.41, 5.74) is 2.65. The van der Waals surface area contributed by atoms with Crippen molar-refractivity contribution < 1.29 is 23.6 Å². The Bertz CT molecular complexity index is 1560. The van der Waals surface area contributed by atoms with E-state index >= 15 is 0 Å². The number of hydroxylamine groups is 2. The first kappa shape index (κ1) is 30.8. The third-order valence-electron chi connectivity index (χ3n) is 8.18. The standard InChI is InChI=1S/C35H37FN4O4/c1-39(44-2)33(41)21-32-35(43)40(23-31(24-9-5-3-6-10-24)25-11-7-4-8-12-25)18-17-30(38-32)22-37-34(42)28-14-13-27-20-29(36)16-15-26(27)19-28/h3-16,19-20,30-32,38H,17-18,21-23H2,1-2H3,(H,37,42)/t30-,32-/m0/s1. The molecule has 2 atom stereocenters. The molecular weight excluding hydrogens is 559 g/mol. The average molecular weight is 597 g/mol. The third kappa shape index (κ3) is 7.48. The second-order valence-corrected chi connectivity index (χ2v) is 11.1. The Morgan fingerprint density at radius 2 is 1.61 bits per heavy atom. The SMILES string of the molecule is CON(C)C(=O)C[C@@H]1N[C@H](CNC(=O)c2ccc3cc(F)ccc3c2)CCN(CC(c2ccccc2)c2ccccc2)C1=O. The van der Waals surface area contributed by atoms with Gasteiger partial charge in [0, 0.05) is 44.2 Å². The maximum Gasteiger partial charge on any atom is 0.251 e. The van der Waals surface area contributed by atoms with Crippen molar-refractivity contribution in [1.82, 2.24) is 20.6 Å². The van der Waals surface area contributed by atoms with E-state index in [0.29, 0.717) is 30.5 Å². The molecule has 3 amide bonds. The van der Waals surface area contributed by atoms with Gasteiger partial charge in [-0.1, -0.05) is 72.8 Å². The van der Waals surface area contributed by atoms with E-state index in [2.05, 4.69) is 34.9 Å². The van der Waals surface area contributed by atoms with Gasteiger partial charge in [-0.05, 0) is 52.6 Å². The van der Waals surface area contributed by atoms with Crippen molar-refractivity contribution in [3.05, 3.63) is 120 Å². The minimum atomic E-state index is -0.799. The number of rotatable bonds is 10. The van der Waals surface area contributed by atoms with Crippen LogP contribution in [0.5, 0.6) is 0 Å². The molecule has 1 aliphatic rings. The van der Waals surface area contributed by atoms with Crippen LogP contribution in [0.25, 0.3) is 10.8 Å². The van der Waals surface area contributed by atoms with Gasteiger partial charge in [-0.2, -0.15) is 0 Å². The highest BCUT2D eigenvalue weighted by atomic mass is 19.1. The van der Waals surface area contributed by atoms with E-state index in [1.807, 2.05) is 41.3 Å². The van der Waals surface area contributed by atoms with Gasteiger partial charge >= 0.3 is 0 Å². The molecule has 1 heterocycles. The Morgan fingerprint density at radius 1 is 0.977 bits per heavy atom. The molecule has 5 rings (SSSR count). The van der Waals surface area contributed by atoms with Crippen LogP contribution < -0.4 is 10.6 Å². The van der Waals surface area contributed by atoms with Crippen molar-refractivity contribution >= 4 is 28.5 Å². The molecule has 0 spiro atoms. The number of amides is 3. The van der Waals surface area contributed by atoms with Gasteiger partial charge < -0.3 is 15.5 Å². The number of carbonyl (C=O) groups is 3. The van der Waals surface area contributed by atoms with Crippen LogP contribution in [0.2, 0.25) is 0 Å². The maximum atomic E-state index is 14.0. The largest absolute Gasteiger partial charge is 0.350 e. The molecule has 0 unspecified atom stereocenters. The number of carbonyl (C=O) groups excluding carboxylic acids is 3. The zero-order valence-corrected chi connectivity index (χ0v) is 24.9. The maximum absolute atomic E-state index is 14.0. The summed E-state index contributed by atoms with van der Waals surface area (Å²) >= 11 is 0. The molecule has 8 nitrogen and oxygen atoms in total. The first-order chi connectivity index (χ1) is 21.3. The topological polar surface area (TPSA) is 91.0 Å². The number of hydrogen-bond donors (Lipinski definition) is 2. The summed E-state index contributed by atoms with van der Waals surface area (Å²) in [6.45, 7) is 1.15. The Hall–Kier alpha value is -4.60. The zero-order chi connectivity index (χ0) is 31.1. The molecule has 0 aromatic heterocycles. The lowest BCUT2D eigenvalue weighted by Crippen LogP contribution is -2.51. The second-order valence-electron chi connectivity index (χ2n) is 11.1. The fourth-order valence-electron chi connectivity index (χ4n) is 5.65. The van der Waals surface area contributed by atoms with E-state index in [-0.39, 0.29) is 48.5 Å². The highest BCUT2D eigenvalue weighted by Crippen LogP contribution is 2.27. The van der Waals surface area contributed by atoms with Crippen LogP contribution in [-0.2, 0) is 14.4 Å². The fraction of sp³-hybridized carbons (Fsp3) is 0.286. The Labute approximate surface area is 256 Å². The minimum absolute atomic E-state index is 0.0584. The lowest BCUT2D eigenvalue weighted by Gasteiger charge is -2.29. The Balaban J connectivity index is 1.34. The number of benzene rings is 4. The van der Waals surface area contributed by atoms with Crippen molar-refractivity contribution in [3.8, 4) is 0 Å². The van der Waals surface area contributed by atoms with Crippen LogP contribution in [0.4, 0.5) is 4.39 Å². The van der Waals surface area contributed by atoms with E-state index in [1.165, 1.54) is 26.3 Å². The lowest BCUT2D eigenvalue weighted by molar-refractivity contribution is -0.170. The number of halogens is 1. The van der Waals surface area contributed by atoms with Crippen molar-refractivity contribution in [2.75, 3.05) is 33.8 Å². The van der Waals surface area contributed by atoms with Crippen molar-refractivity contribution in [2.45, 2.75) is 30.8 Å². The normalized spacial score (nSPS) is 17.0. The summed E-state index contributed by atoms with van der Waals surface area (Å²) < 4.78 is 13.6. The molecule has 4 aromatic rings. The molecule has 1 fully saturated rings. The van der Waals surface area contributed by atoms with Crippen LogP contribution in [0, 0.1) is 5.82 Å². The smallest absolute Gasteiger partial charge is 0.251 e. The summed E-state index contributed by atoms with van der Waals surface area (Å²) in [7, 11) is 2.91. The Kier molecular flexibility index (Phi) is 9.99. The summed E-state index contributed by atoms with van der Waals surface area (Å²) in [5.74, 6) is -1.17. The molecule has 1 aliphatic heterocycles. The van der Waals surface area contributed by atoms with E-state index in [4.69, 9.17) is 4.84 Å². The van der Waals surface area contributed by atoms with Crippen LogP contribution in [0.1, 0.15) is 40.2 Å². The van der Waals surface area contributed by atoms with Crippen LogP contribution in [0.15, 0.2) is 97.1 Å². The summed E-state index contributed by atoms with van der Waals surface area (Å²) in [5, 5.41) is 8.92. The van der Waals surface area contributed by atoms with E-state index in [9.17, 15) is 18.8 Å². The van der Waals surface area contributed by atoms with Gasteiger partial charge in [-0.3, -0.25) is 19.2 Å². The first-order valence-electron chi connectivity index (χ1n) is 14.7. The number of fused-ring (bicyclic) bond motifs is 1. The van der Waals surface area contributed by atoms with Crippen LogP contribution in [0.3, 0.4) is 0 Å². The average Bonchev–Trinajstić information content (AvgIpc) is 3.20. The molecule has 44 heavy (non-hydrogen) atoms. The highest BCUT2D eigenvalue weighted by Gasteiger charge is 2.34. The molecule has 0 aliphatic carbocycles. The molecule has 0 bridgehead atoms.